The fourth-order valence-electron chi connectivity index (χ4n) is 3.55. The molecule has 0 unspecified atom stereocenters. The summed E-state index contributed by atoms with van der Waals surface area (Å²) in [6.45, 7) is 11.1. The second-order valence-corrected chi connectivity index (χ2v) is 10.2. The molecule has 0 spiro atoms. The number of hydrogen-bond donors (Lipinski definition) is 2. The van der Waals surface area contributed by atoms with Crippen molar-refractivity contribution in [3.05, 3.63) is 30.5 Å². The predicted octanol–water partition coefficient (Wildman–Crippen LogP) is 4.25. The molecule has 184 valence electrons. The summed E-state index contributed by atoms with van der Waals surface area (Å²) in [4.78, 5) is 43.6. The Morgan fingerprint density at radius 1 is 1.06 bits per heavy atom. The van der Waals surface area contributed by atoms with Crippen molar-refractivity contribution < 1.29 is 23.9 Å². The molecule has 0 saturated carbocycles. The monoisotopic (exact) mass is 471 g/mol. The van der Waals surface area contributed by atoms with Crippen LogP contribution >= 0.6 is 0 Å². The van der Waals surface area contributed by atoms with E-state index < -0.39 is 29.4 Å². The normalized spacial score (nSPS) is 16.3. The summed E-state index contributed by atoms with van der Waals surface area (Å²) in [6.07, 6.45) is 1.64. The summed E-state index contributed by atoms with van der Waals surface area (Å²) in [5.74, 6) is -0.294. The largest absolute Gasteiger partial charge is 0.444 e. The third-order valence-electron chi connectivity index (χ3n) is 4.93. The zero-order chi connectivity index (χ0) is 25.3. The average Bonchev–Trinajstić information content (AvgIpc) is 3.32. The number of ether oxygens (including phenoxy) is 2. The summed E-state index contributed by atoms with van der Waals surface area (Å²) in [6, 6.07) is 6.40. The molecule has 1 aromatic heterocycles. The zero-order valence-electron chi connectivity index (χ0n) is 20.5. The van der Waals surface area contributed by atoms with E-state index in [0.29, 0.717) is 29.9 Å². The summed E-state index contributed by atoms with van der Waals surface area (Å²) >= 11 is 0. The van der Waals surface area contributed by atoms with E-state index in [1.54, 1.807) is 65.8 Å². The number of anilines is 2. The van der Waals surface area contributed by atoms with Gasteiger partial charge in [-0.3, -0.25) is 9.69 Å². The number of imidazole rings is 1. The van der Waals surface area contributed by atoms with Gasteiger partial charge in [0.05, 0.1) is 5.69 Å². The minimum absolute atomic E-state index is 0.00218. The predicted molar refractivity (Wildman–Crippen MR) is 128 cm³/mol. The first-order chi connectivity index (χ1) is 15.7. The van der Waals surface area contributed by atoms with Crippen molar-refractivity contribution in [1.82, 2.24) is 14.5 Å². The first-order valence-corrected chi connectivity index (χ1v) is 11.2. The SMILES string of the molecule is CC(C)(C)OC(=O)N1CCC[C@H]1C(=O)Nc1cccc(-c2cn(C(=O)OC(C)(C)C)c(N)n2)c1. The summed E-state index contributed by atoms with van der Waals surface area (Å²) in [7, 11) is 0. The average molecular weight is 472 g/mol. The van der Waals surface area contributed by atoms with Crippen LogP contribution in [-0.4, -0.2) is 56.3 Å². The van der Waals surface area contributed by atoms with Crippen LogP contribution in [0.3, 0.4) is 0 Å². The molecule has 2 amide bonds. The maximum atomic E-state index is 13.0. The maximum absolute atomic E-state index is 13.0. The highest BCUT2D eigenvalue weighted by Gasteiger charge is 2.36. The fraction of sp³-hybridized carbons (Fsp3) is 0.500. The first kappa shape index (κ1) is 25.1. The molecule has 0 bridgehead atoms. The zero-order valence-corrected chi connectivity index (χ0v) is 20.5. The fourth-order valence-corrected chi connectivity index (χ4v) is 3.55. The molecule has 1 aliphatic rings. The lowest BCUT2D eigenvalue weighted by Gasteiger charge is -2.28. The number of rotatable bonds is 3. The van der Waals surface area contributed by atoms with E-state index in [1.165, 1.54) is 11.1 Å². The van der Waals surface area contributed by atoms with Gasteiger partial charge in [-0.2, -0.15) is 0 Å². The third-order valence-corrected chi connectivity index (χ3v) is 4.93. The Labute approximate surface area is 199 Å². The lowest BCUT2D eigenvalue weighted by atomic mass is 10.1. The molecule has 0 radical (unpaired) electrons. The summed E-state index contributed by atoms with van der Waals surface area (Å²) in [5.41, 5.74) is 6.25. The van der Waals surface area contributed by atoms with Gasteiger partial charge in [-0.15, -0.1) is 0 Å². The summed E-state index contributed by atoms with van der Waals surface area (Å²) < 4.78 is 11.9. The molecule has 10 nitrogen and oxygen atoms in total. The molecule has 2 heterocycles. The van der Waals surface area contributed by atoms with Crippen molar-refractivity contribution in [3.63, 3.8) is 0 Å². The number of likely N-dealkylation sites (tertiary alicyclic amines) is 1. The summed E-state index contributed by atoms with van der Waals surface area (Å²) in [5, 5.41) is 2.87. The Hall–Kier alpha value is -3.56. The van der Waals surface area contributed by atoms with Crippen LogP contribution in [0.15, 0.2) is 30.5 Å². The molecular weight excluding hydrogens is 438 g/mol. The molecule has 1 atom stereocenters. The second kappa shape index (κ2) is 9.36. The maximum Gasteiger partial charge on any atom is 0.421 e. The number of aromatic nitrogens is 2. The molecule has 1 aromatic carbocycles. The Kier molecular flexibility index (Phi) is 6.90. The molecule has 10 heteroatoms. The number of nitrogens with zero attached hydrogens (tertiary/aromatic N) is 3. The minimum atomic E-state index is -0.675. The van der Waals surface area contributed by atoms with E-state index in [0.717, 1.165) is 11.0 Å². The van der Waals surface area contributed by atoms with E-state index in [2.05, 4.69) is 10.3 Å². The minimum Gasteiger partial charge on any atom is -0.444 e. The van der Waals surface area contributed by atoms with Crippen LogP contribution in [0.25, 0.3) is 11.3 Å². The van der Waals surface area contributed by atoms with Gasteiger partial charge in [-0.25, -0.2) is 19.1 Å². The van der Waals surface area contributed by atoms with Crippen molar-refractivity contribution in [3.8, 4) is 11.3 Å². The van der Waals surface area contributed by atoms with Gasteiger partial charge in [-0.05, 0) is 66.5 Å². The van der Waals surface area contributed by atoms with Crippen LogP contribution in [0.5, 0.6) is 0 Å². The molecular formula is C24H33N5O5. The second-order valence-electron chi connectivity index (χ2n) is 10.2. The molecule has 1 fully saturated rings. The van der Waals surface area contributed by atoms with Crippen molar-refractivity contribution in [2.75, 3.05) is 17.6 Å². The topological polar surface area (TPSA) is 129 Å². The van der Waals surface area contributed by atoms with Crippen LogP contribution in [-0.2, 0) is 14.3 Å². The van der Waals surface area contributed by atoms with E-state index in [4.69, 9.17) is 15.2 Å². The molecule has 3 N–H and O–H groups in total. The highest BCUT2D eigenvalue weighted by Crippen LogP contribution is 2.26. The van der Waals surface area contributed by atoms with Gasteiger partial charge in [0.15, 0.2) is 0 Å². The highest BCUT2D eigenvalue weighted by atomic mass is 16.6. The molecule has 3 rings (SSSR count). The van der Waals surface area contributed by atoms with E-state index in [9.17, 15) is 14.4 Å². The van der Waals surface area contributed by atoms with Gasteiger partial charge < -0.3 is 20.5 Å². The standard InChI is InChI=1S/C24H33N5O5/c1-23(2,3)33-21(31)28-12-8-11-18(28)19(30)26-16-10-7-9-15(13-16)17-14-29(20(25)27-17)22(32)34-24(4,5)6/h7,9-10,13-14,18H,8,11-12H2,1-6H3,(H2,25,27)(H,26,30)/t18-/m0/s1. The van der Waals surface area contributed by atoms with E-state index in [-0.39, 0.29) is 11.9 Å². The van der Waals surface area contributed by atoms with Crippen LogP contribution in [0.4, 0.5) is 21.2 Å². The van der Waals surface area contributed by atoms with Crippen LogP contribution in [0.1, 0.15) is 54.4 Å². The van der Waals surface area contributed by atoms with Crippen molar-refractivity contribution >= 4 is 29.7 Å². The molecule has 2 aromatic rings. The number of nitrogens with two attached hydrogens (primary N) is 1. The third kappa shape index (κ3) is 6.27. The van der Waals surface area contributed by atoms with Crippen molar-refractivity contribution in [2.45, 2.75) is 71.6 Å². The van der Waals surface area contributed by atoms with E-state index in [1.807, 2.05) is 0 Å². The molecule has 34 heavy (non-hydrogen) atoms. The first-order valence-electron chi connectivity index (χ1n) is 11.2. The Morgan fingerprint density at radius 2 is 1.71 bits per heavy atom. The number of nitrogens with one attached hydrogen (secondary N) is 1. The Balaban J connectivity index is 1.74. The van der Waals surface area contributed by atoms with Gasteiger partial charge >= 0.3 is 12.2 Å². The Bertz CT molecular complexity index is 1080. The van der Waals surface area contributed by atoms with Crippen LogP contribution in [0, 0.1) is 0 Å². The van der Waals surface area contributed by atoms with Crippen molar-refractivity contribution in [1.29, 1.82) is 0 Å². The van der Waals surface area contributed by atoms with Gasteiger partial charge in [0.1, 0.15) is 17.2 Å². The van der Waals surface area contributed by atoms with Gasteiger partial charge in [0.25, 0.3) is 0 Å². The number of nitrogen functional groups attached to an aromatic ring is 1. The number of benzene rings is 1. The van der Waals surface area contributed by atoms with Gasteiger partial charge in [-0.1, -0.05) is 12.1 Å². The van der Waals surface area contributed by atoms with Crippen LogP contribution in [0.2, 0.25) is 0 Å². The smallest absolute Gasteiger partial charge is 0.421 e. The number of hydrogen-bond acceptors (Lipinski definition) is 7. The molecule has 1 saturated heterocycles. The highest BCUT2D eigenvalue weighted by molar-refractivity contribution is 5.97. The number of carbonyl (C=O) groups is 3. The van der Waals surface area contributed by atoms with Crippen molar-refractivity contribution in [2.24, 2.45) is 0 Å². The quantitative estimate of drug-likeness (QED) is 0.684. The lowest BCUT2D eigenvalue weighted by Crippen LogP contribution is -2.45. The van der Waals surface area contributed by atoms with Gasteiger partial charge in [0.2, 0.25) is 11.9 Å². The molecule has 1 aliphatic heterocycles. The number of carbonyl (C=O) groups excluding carboxylic acids is 3. The number of amides is 2. The molecule has 0 aliphatic carbocycles. The Morgan fingerprint density at radius 3 is 2.35 bits per heavy atom. The lowest BCUT2D eigenvalue weighted by molar-refractivity contribution is -0.120. The van der Waals surface area contributed by atoms with Crippen LogP contribution < -0.4 is 11.1 Å². The van der Waals surface area contributed by atoms with E-state index >= 15 is 0 Å². The van der Waals surface area contributed by atoms with Gasteiger partial charge in [0, 0.05) is 24.0 Å².